The van der Waals surface area contributed by atoms with Crippen LogP contribution in [0.4, 0.5) is 24.5 Å². The van der Waals surface area contributed by atoms with E-state index in [1.165, 1.54) is 19.1 Å². The summed E-state index contributed by atoms with van der Waals surface area (Å²) in [6.07, 6.45) is -4.78. The Morgan fingerprint density at radius 1 is 1.31 bits per heavy atom. The Bertz CT molecular complexity index is 812. The molecule has 138 valence electrons. The molecule has 0 unspecified atom stereocenters. The summed E-state index contributed by atoms with van der Waals surface area (Å²) in [6.45, 7) is 2.03. The highest BCUT2D eigenvalue weighted by molar-refractivity contribution is 9.10. The van der Waals surface area contributed by atoms with Crippen LogP contribution in [0.2, 0.25) is 0 Å². The summed E-state index contributed by atoms with van der Waals surface area (Å²) < 4.78 is 44.8. The van der Waals surface area contributed by atoms with Gasteiger partial charge in [0.15, 0.2) is 0 Å². The first-order chi connectivity index (χ1) is 12.2. The number of anilines is 2. The van der Waals surface area contributed by atoms with Crippen LogP contribution >= 0.6 is 15.9 Å². The Hall–Kier alpha value is -2.29. The van der Waals surface area contributed by atoms with E-state index < -0.39 is 17.8 Å². The van der Waals surface area contributed by atoms with E-state index in [2.05, 4.69) is 26.2 Å². The number of halogens is 4. The number of nitrogens with one attached hydrogen (secondary N) is 1. The Morgan fingerprint density at radius 2 is 2.00 bits per heavy atom. The molecule has 9 heteroatoms. The quantitative estimate of drug-likeness (QED) is 0.751. The first-order valence-electron chi connectivity index (χ1n) is 7.76. The minimum Gasteiger partial charge on any atom is -0.469 e. The fraction of sp³-hybridized carbons (Fsp3) is 0.294. The monoisotopic (exact) mass is 429 g/mol. The second-order valence-electron chi connectivity index (χ2n) is 5.79. The number of ether oxygens (including phenoxy) is 1. The molecular formula is C17H15BrF3N3O2. The maximum absolute atomic E-state index is 12.8. The van der Waals surface area contributed by atoms with Crippen LogP contribution in [0.3, 0.4) is 0 Å². The van der Waals surface area contributed by atoms with Gasteiger partial charge in [-0.25, -0.2) is 4.98 Å². The van der Waals surface area contributed by atoms with Gasteiger partial charge in [0.05, 0.1) is 18.7 Å². The SMILES string of the molecule is CC(=O)NC[C@@H]1CN(c2ccc(C(F)(F)F)cc2)c2ccc(Br)nc2O1. The number of amides is 1. The second-order valence-corrected chi connectivity index (χ2v) is 6.60. The molecule has 26 heavy (non-hydrogen) atoms. The molecule has 0 bridgehead atoms. The van der Waals surface area contributed by atoms with Gasteiger partial charge >= 0.3 is 6.18 Å². The molecule has 1 amide bonds. The molecule has 3 rings (SSSR count). The molecule has 0 saturated carbocycles. The lowest BCUT2D eigenvalue weighted by molar-refractivity contribution is -0.137. The molecule has 1 N–H and O–H groups in total. The zero-order valence-electron chi connectivity index (χ0n) is 13.7. The van der Waals surface area contributed by atoms with Crippen molar-refractivity contribution < 1.29 is 22.7 Å². The number of hydrogen-bond donors (Lipinski definition) is 1. The van der Waals surface area contributed by atoms with Crippen LogP contribution in [0.5, 0.6) is 5.88 Å². The second kappa shape index (κ2) is 7.14. The van der Waals surface area contributed by atoms with Gasteiger partial charge in [-0.3, -0.25) is 4.79 Å². The van der Waals surface area contributed by atoms with Crippen LogP contribution < -0.4 is 15.0 Å². The van der Waals surface area contributed by atoms with Crippen molar-refractivity contribution in [1.29, 1.82) is 0 Å². The topological polar surface area (TPSA) is 54.5 Å². The molecule has 0 fully saturated rings. The van der Waals surface area contributed by atoms with Crippen LogP contribution in [0.1, 0.15) is 12.5 Å². The molecule has 1 aliphatic heterocycles. The number of fused-ring (bicyclic) bond motifs is 1. The van der Waals surface area contributed by atoms with Crippen molar-refractivity contribution in [2.45, 2.75) is 19.2 Å². The van der Waals surface area contributed by atoms with Gasteiger partial charge in [-0.05, 0) is 52.3 Å². The van der Waals surface area contributed by atoms with Crippen LogP contribution in [0, 0.1) is 0 Å². The third-order valence-electron chi connectivity index (χ3n) is 3.85. The first-order valence-corrected chi connectivity index (χ1v) is 8.56. The maximum Gasteiger partial charge on any atom is 0.416 e. The van der Waals surface area contributed by atoms with Gasteiger partial charge in [0.2, 0.25) is 11.8 Å². The van der Waals surface area contributed by atoms with E-state index in [9.17, 15) is 18.0 Å². The van der Waals surface area contributed by atoms with E-state index in [-0.39, 0.29) is 12.5 Å². The molecule has 5 nitrogen and oxygen atoms in total. The predicted molar refractivity (Wildman–Crippen MR) is 93.5 cm³/mol. The first kappa shape index (κ1) is 18.5. The largest absolute Gasteiger partial charge is 0.469 e. The van der Waals surface area contributed by atoms with E-state index in [1.54, 1.807) is 12.1 Å². The Labute approximate surface area is 156 Å². The van der Waals surface area contributed by atoms with Gasteiger partial charge in [0, 0.05) is 12.6 Å². The maximum atomic E-state index is 12.8. The molecule has 2 heterocycles. The highest BCUT2D eigenvalue weighted by atomic mass is 79.9. The lowest BCUT2D eigenvalue weighted by Gasteiger charge is -2.35. The average molecular weight is 430 g/mol. The van der Waals surface area contributed by atoms with Crippen molar-refractivity contribution >= 4 is 33.2 Å². The summed E-state index contributed by atoms with van der Waals surface area (Å²) in [5, 5.41) is 2.68. The molecule has 0 spiro atoms. The van der Waals surface area contributed by atoms with E-state index in [0.717, 1.165) is 12.1 Å². The van der Waals surface area contributed by atoms with Gasteiger partial charge in [-0.2, -0.15) is 13.2 Å². The summed E-state index contributed by atoms with van der Waals surface area (Å²) in [6, 6.07) is 8.41. The predicted octanol–water partition coefficient (Wildman–Crippen LogP) is 3.90. The number of carbonyl (C=O) groups is 1. The normalized spacial score (nSPS) is 16.7. The number of alkyl halides is 3. The molecule has 1 aromatic carbocycles. The van der Waals surface area contributed by atoms with Crippen molar-refractivity contribution in [2.75, 3.05) is 18.0 Å². The van der Waals surface area contributed by atoms with Crippen molar-refractivity contribution in [3.05, 3.63) is 46.6 Å². The Kier molecular flexibility index (Phi) is 5.08. The molecule has 0 aliphatic carbocycles. The molecule has 2 aromatic rings. The minimum atomic E-state index is -4.39. The fourth-order valence-corrected chi connectivity index (χ4v) is 2.93. The standard InChI is InChI=1S/C17H15BrF3N3O2/c1-10(25)22-8-13-9-24(14-6-7-15(18)23-16(14)26-13)12-4-2-11(3-5-12)17(19,20)21/h2-7,13H,8-9H2,1H3,(H,22,25)/t13-/m1/s1. The molecule has 1 aromatic heterocycles. The van der Waals surface area contributed by atoms with Gasteiger partial charge in [-0.15, -0.1) is 0 Å². The van der Waals surface area contributed by atoms with Crippen LogP contribution in [-0.4, -0.2) is 30.1 Å². The van der Waals surface area contributed by atoms with Gasteiger partial charge in [0.1, 0.15) is 16.4 Å². The van der Waals surface area contributed by atoms with Gasteiger partial charge in [0.25, 0.3) is 0 Å². The summed E-state index contributed by atoms with van der Waals surface area (Å²) in [4.78, 5) is 17.3. The number of rotatable bonds is 3. The number of aromatic nitrogens is 1. The van der Waals surface area contributed by atoms with Crippen molar-refractivity contribution in [3.63, 3.8) is 0 Å². The zero-order valence-corrected chi connectivity index (χ0v) is 15.3. The minimum absolute atomic E-state index is 0.192. The summed E-state index contributed by atoms with van der Waals surface area (Å²) in [5.74, 6) is 0.156. The summed E-state index contributed by atoms with van der Waals surface area (Å²) in [5.41, 5.74) is 0.519. The van der Waals surface area contributed by atoms with Crippen LogP contribution in [-0.2, 0) is 11.0 Å². The average Bonchev–Trinajstić information content (AvgIpc) is 2.58. The summed E-state index contributed by atoms with van der Waals surface area (Å²) in [7, 11) is 0. The van der Waals surface area contributed by atoms with Crippen molar-refractivity contribution in [1.82, 2.24) is 10.3 Å². The third-order valence-corrected chi connectivity index (χ3v) is 4.29. The molecular weight excluding hydrogens is 415 g/mol. The number of hydrogen-bond acceptors (Lipinski definition) is 4. The number of carbonyl (C=O) groups excluding carboxylic acids is 1. The molecule has 0 saturated heterocycles. The fourth-order valence-electron chi connectivity index (χ4n) is 2.64. The molecule has 0 radical (unpaired) electrons. The Morgan fingerprint density at radius 3 is 2.62 bits per heavy atom. The van der Waals surface area contributed by atoms with Gasteiger partial charge < -0.3 is 15.0 Å². The number of benzene rings is 1. The highest BCUT2D eigenvalue weighted by Crippen LogP contribution is 2.38. The van der Waals surface area contributed by atoms with Crippen LogP contribution in [0.25, 0.3) is 0 Å². The van der Waals surface area contributed by atoms with E-state index in [0.29, 0.717) is 28.4 Å². The summed E-state index contributed by atoms with van der Waals surface area (Å²) >= 11 is 3.28. The highest BCUT2D eigenvalue weighted by Gasteiger charge is 2.32. The Balaban J connectivity index is 1.92. The van der Waals surface area contributed by atoms with E-state index >= 15 is 0 Å². The van der Waals surface area contributed by atoms with Crippen molar-refractivity contribution in [2.24, 2.45) is 0 Å². The van der Waals surface area contributed by atoms with Crippen LogP contribution in [0.15, 0.2) is 41.0 Å². The smallest absolute Gasteiger partial charge is 0.416 e. The zero-order chi connectivity index (χ0) is 18.9. The van der Waals surface area contributed by atoms with Gasteiger partial charge in [-0.1, -0.05) is 0 Å². The van der Waals surface area contributed by atoms with Crippen molar-refractivity contribution in [3.8, 4) is 5.88 Å². The molecule has 1 aliphatic rings. The van der Waals surface area contributed by atoms with E-state index in [1.807, 2.05) is 4.90 Å². The van der Waals surface area contributed by atoms with E-state index in [4.69, 9.17) is 4.74 Å². The third kappa shape index (κ3) is 4.09. The number of pyridine rings is 1. The molecule has 1 atom stereocenters. The number of nitrogens with zero attached hydrogens (tertiary/aromatic N) is 2. The lowest BCUT2D eigenvalue weighted by atomic mass is 10.1. The lowest BCUT2D eigenvalue weighted by Crippen LogP contribution is -2.44.